The molecule has 131 heavy (non-hydrogen) atoms. The number of halogens is 1. The van der Waals surface area contributed by atoms with Crippen molar-refractivity contribution in [1.82, 2.24) is 81.4 Å². The molecule has 0 unspecified atom stereocenters. The van der Waals surface area contributed by atoms with E-state index in [1.807, 2.05) is 245 Å². The normalized spacial score (nSPS) is 11.2. The third-order valence-electron chi connectivity index (χ3n) is 19.4. The fourth-order valence-electron chi connectivity index (χ4n) is 12.9. The van der Waals surface area contributed by atoms with Crippen molar-refractivity contribution >= 4 is 90.5 Å². The number of hydrazine groups is 2. The van der Waals surface area contributed by atoms with Crippen LogP contribution in [0.4, 0.5) is 10.3 Å². The van der Waals surface area contributed by atoms with Gasteiger partial charge in [-0.2, -0.15) is 0 Å². The number of aryl methyl sites for hydroxylation is 6. The first kappa shape index (κ1) is 106. The molecule has 7 aromatic carbocycles. The molecule has 0 spiro atoms. The van der Waals surface area contributed by atoms with Crippen LogP contribution in [0.25, 0.3) is 0 Å². The van der Waals surface area contributed by atoms with Gasteiger partial charge in [0.1, 0.15) is 39.1 Å². The van der Waals surface area contributed by atoms with E-state index in [1.165, 1.54) is 49.6 Å². The minimum Gasteiger partial charge on any atom is -0.870 e. The van der Waals surface area contributed by atoms with E-state index >= 15 is 0 Å². The van der Waals surface area contributed by atoms with E-state index in [4.69, 9.17) is 10.8 Å². The van der Waals surface area contributed by atoms with Gasteiger partial charge >= 0.3 is 42.7 Å². The van der Waals surface area contributed by atoms with Gasteiger partial charge in [0.25, 0.3) is 0 Å². The number of aliphatic carboxylic acids is 1. The Morgan fingerprint density at radius 2 is 0.748 bits per heavy atom. The van der Waals surface area contributed by atoms with Crippen LogP contribution in [0.15, 0.2) is 267 Å². The maximum atomic E-state index is 12.6. The van der Waals surface area contributed by atoms with E-state index in [0.717, 1.165) is 176 Å². The van der Waals surface area contributed by atoms with Gasteiger partial charge in [-0.25, -0.2) is 15.0 Å². The first-order valence-corrected chi connectivity index (χ1v) is 44.3. The zero-order valence-corrected chi connectivity index (χ0v) is 78.0. The number of imidazole rings is 3. The number of hydrogen-bond acceptors (Lipinski definition) is 25. The van der Waals surface area contributed by atoms with Crippen LogP contribution >= 0.6 is 38.6 Å². The summed E-state index contributed by atoms with van der Waals surface area (Å²) in [4.78, 5) is 93.2. The number of rotatable bonds is 34. The number of unbranched alkanes of at least 4 members (excludes halogenated alkanes) is 2. The number of benzene rings is 7. The number of amides is 3. The van der Waals surface area contributed by atoms with Crippen molar-refractivity contribution in [2.75, 3.05) is 32.4 Å². The average Bonchev–Trinajstić information content (AvgIpc) is 1.85. The molecular weight excluding hydrogens is 1760 g/mol. The quantitative estimate of drug-likeness (QED) is 0.00595. The van der Waals surface area contributed by atoms with Gasteiger partial charge < -0.3 is 76.5 Å². The molecule has 3 amide bonds. The summed E-state index contributed by atoms with van der Waals surface area (Å²) in [6.45, 7) is 10.1. The van der Waals surface area contributed by atoms with Crippen molar-refractivity contribution < 1.29 is 82.7 Å². The first-order valence-electron chi connectivity index (χ1n) is 41.5. The minimum absolute atomic E-state index is 0. The number of carbonyl (C=O) groups is 7. The third kappa shape index (κ3) is 40.4. The van der Waals surface area contributed by atoms with Crippen LogP contribution in [0.1, 0.15) is 133 Å². The number of esters is 3. The summed E-state index contributed by atoms with van der Waals surface area (Å²) in [6, 6.07) is 58.6. The molecule has 0 bridgehead atoms. The number of nitrogen functional groups attached to an aromatic ring is 1. The molecule has 684 valence electrons. The van der Waals surface area contributed by atoms with E-state index < -0.39 is 5.97 Å². The third-order valence-corrected chi connectivity index (χ3v) is 21.8. The summed E-state index contributed by atoms with van der Waals surface area (Å²) < 4.78 is 20.0. The van der Waals surface area contributed by atoms with Gasteiger partial charge in [0.15, 0.2) is 0 Å². The second-order valence-corrected chi connectivity index (χ2v) is 32.4. The number of nitrogens with two attached hydrogens (primary N) is 1. The molecule has 35 heteroatoms. The molecule has 13 N–H and O–H groups in total. The topological polar surface area (TPSA) is 444 Å². The summed E-state index contributed by atoms with van der Waals surface area (Å²) in [6.07, 6.45) is 28.3. The van der Waals surface area contributed by atoms with Crippen molar-refractivity contribution in [3.63, 3.8) is 0 Å². The Morgan fingerprint density at radius 3 is 1.11 bits per heavy atom. The summed E-state index contributed by atoms with van der Waals surface area (Å²) >= 11 is 6.22. The Kier molecular flexibility index (Phi) is 47.2. The van der Waals surface area contributed by atoms with Gasteiger partial charge in [0, 0.05) is 86.4 Å². The summed E-state index contributed by atoms with van der Waals surface area (Å²) in [5.74, 6) is 2.51. The summed E-state index contributed by atoms with van der Waals surface area (Å²) in [7, 11) is 4.20. The minimum atomic E-state index is -0.805. The number of nitrogens with zero attached hydrogens (tertiary/aromatic N) is 10. The number of allylic oxidation sites excluding steroid dienone is 6. The van der Waals surface area contributed by atoms with Crippen molar-refractivity contribution in [2.45, 2.75) is 149 Å². The smallest absolute Gasteiger partial charge is 0.870 e. The largest absolute Gasteiger partial charge is 1.00 e. The monoisotopic (exact) mass is 1870 g/mol. The molecular formula is C96H112BrLiN18O13S2. The molecule has 14 rings (SSSR count). The molecule has 5 aromatic heterocycles. The molecule has 12 aromatic rings. The van der Waals surface area contributed by atoms with E-state index in [-0.39, 0.29) is 78.3 Å². The molecule has 0 radical (unpaired) electrons. The van der Waals surface area contributed by atoms with Crippen molar-refractivity contribution in [1.29, 1.82) is 0 Å². The molecule has 0 aliphatic carbocycles. The van der Waals surface area contributed by atoms with Crippen LogP contribution < -0.4 is 62.2 Å². The van der Waals surface area contributed by atoms with Crippen molar-refractivity contribution in [3.05, 3.63) is 361 Å². The van der Waals surface area contributed by atoms with Gasteiger partial charge in [-0.15, -0.1) is 20.4 Å². The SMILES string of the molecule is COC(=O)Cc1cccc(C)c1.COC(=O)Cc1cccc(CBr)c1.COC(=O)Cc1cccc(Cn2ccnc2C)c1.Cc1nccn1Cc1cccc(CC(=O)Nc2nnc(CCCCC3=CC=C(NC(=O)Cc4ccccc4)NN3)s2)c1.Cc1nccn1Cc1cccc(CC(=O)O)c1.Nc1nnc(CCCCC2=CC=C(NC(=O)Cc3ccccc3)NN2)s1.O.[Li+].[OH-]. The summed E-state index contributed by atoms with van der Waals surface area (Å²) in [5.41, 5.74) is 32.4. The molecule has 31 nitrogen and oxygen atoms in total. The number of nitrogens with one attached hydrogen (secondary N) is 7. The van der Waals surface area contributed by atoms with Gasteiger partial charge in [0.2, 0.25) is 28.0 Å². The molecule has 7 heterocycles. The molecule has 0 saturated heterocycles. The fourth-order valence-corrected chi connectivity index (χ4v) is 14.7. The first-order chi connectivity index (χ1) is 62.0. The number of carboxylic acids is 1. The Balaban J connectivity index is 0.000000257. The van der Waals surface area contributed by atoms with Crippen LogP contribution in [-0.2, 0) is 131 Å². The Labute approximate surface area is 791 Å². The Morgan fingerprint density at radius 1 is 0.405 bits per heavy atom. The van der Waals surface area contributed by atoms with Crippen molar-refractivity contribution in [3.8, 4) is 0 Å². The van der Waals surface area contributed by atoms with Crippen LogP contribution in [-0.4, -0.2) is 128 Å². The predicted octanol–water partition coefficient (Wildman–Crippen LogP) is 10.0. The van der Waals surface area contributed by atoms with Crippen LogP contribution in [0.5, 0.6) is 0 Å². The van der Waals surface area contributed by atoms with Crippen LogP contribution in [0.3, 0.4) is 0 Å². The number of alkyl halides is 1. The molecule has 2 aliphatic rings. The van der Waals surface area contributed by atoms with Crippen LogP contribution in [0.2, 0.25) is 0 Å². The number of methoxy groups -OCH3 is 3. The summed E-state index contributed by atoms with van der Waals surface area (Å²) in [5, 5.41) is 37.3. The zero-order valence-electron chi connectivity index (χ0n) is 74.7. The number of hydrogen-bond donors (Lipinski definition) is 9. The van der Waals surface area contributed by atoms with E-state index in [9.17, 15) is 33.6 Å². The van der Waals surface area contributed by atoms with E-state index in [0.29, 0.717) is 54.0 Å². The van der Waals surface area contributed by atoms with Crippen molar-refractivity contribution in [2.24, 2.45) is 0 Å². The Bertz CT molecular complexity index is 5720. The molecule has 0 atom stereocenters. The average molecular weight is 1880 g/mol. The standard InChI is InChI=1S/C31H34N8O2S.C18H22N6OS.C14H16N2O2.C13H14N2O2.C10H11BrO2.C10H12O2.Li.2H2O/c1-22-32-16-17-39(22)21-25-11-7-10-24(18-25)20-29(41)34-31-38-37-30(42-31)13-6-5-12-26-14-15-27(36-35-26)33-28(40)19-23-8-3-2-4-9-23;19-18-24-23-17(26-18)9-5-4-8-14-10-11-15(22-21-14)20-16(25)12-13-6-2-1-3-7-13;1-11-15-6-7-16(11)10-13-5-3-4-12(8-13)9-14(17)18-2;1-10-14-5-6-15(10)9-12-4-2-3-11(7-12)8-13(16)17;1-13-10(12)6-8-3-2-4-9(5-8)7-11;1-8-4-3-5-9(6-8)7-10(11)12-2;;;/h2-4,7-11,14-18,35-36H,5-6,12-13,19-21H2,1H3,(H,33,40)(H,34,38,41);1-3,6-7,10-11,21-22H,4-5,8-9,12H2,(H2,19,24)(H,20,25);3-8H,9-10H2,1-2H3;2-7H,8-9H2,1H3,(H,16,17);2-5H,6-7H2,1H3;3-6H,7H2,1-2H3;;2*1H2/q;;;;;;+1;;/p-1. The molecule has 0 saturated carbocycles. The van der Waals surface area contributed by atoms with E-state index in [1.54, 1.807) is 18.6 Å². The second kappa shape index (κ2) is 58.2. The number of anilines is 2. The Hall–Kier alpha value is -13.5. The number of carbonyl (C=O) groups excluding carboxylic acids is 6. The predicted molar refractivity (Wildman–Crippen MR) is 505 cm³/mol. The number of carboxylic acid groups (broad SMARTS) is 1. The second-order valence-electron chi connectivity index (χ2n) is 29.7. The maximum absolute atomic E-state index is 12.6. The van der Waals surface area contributed by atoms with Crippen LogP contribution in [0, 0.1) is 27.7 Å². The number of ether oxygens (including phenoxy) is 3. The number of aromatic nitrogens is 10. The molecule has 2 aliphatic heterocycles. The fraction of sp³-hybridized carbons (Fsp3) is 0.271. The van der Waals surface area contributed by atoms with Gasteiger partial charge in [-0.1, -0.05) is 226 Å². The zero-order chi connectivity index (χ0) is 91.2. The van der Waals surface area contributed by atoms with Gasteiger partial charge in [-0.3, -0.25) is 44.4 Å². The maximum Gasteiger partial charge on any atom is 1.00 e. The molecule has 0 fully saturated rings. The van der Waals surface area contributed by atoms with E-state index in [2.05, 4.69) is 124 Å². The van der Waals surface area contributed by atoms with Gasteiger partial charge in [0.05, 0.1) is 66.3 Å². The van der Waals surface area contributed by atoms with Gasteiger partial charge in [-0.05, 0) is 152 Å².